The molecule has 0 unspecified atom stereocenters. The van der Waals surface area contributed by atoms with Gasteiger partial charge in [-0.3, -0.25) is 19.8 Å². The highest BCUT2D eigenvalue weighted by Gasteiger charge is 2.20. The van der Waals surface area contributed by atoms with Crippen LogP contribution in [0.1, 0.15) is 27.0 Å². The zero-order valence-corrected chi connectivity index (χ0v) is 26.5. The Morgan fingerprint density at radius 1 is 0.688 bits per heavy atom. The van der Waals surface area contributed by atoms with Crippen molar-refractivity contribution in [1.29, 1.82) is 0 Å². The fourth-order valence-corrected chi connectivity index (χ4v) is 5.68. The second-order valence-corrected chi connectivity index (χ2v) is 11.6. The Labute approximate surface area is 279 Å². The van der Waals surface area contributed by atoms with Gasteiger partial charge in [0.15, 0.2) is 5.78 Å². The number of urea groups is 1. The molecule has 0 fully saturated rings. The van der Waals surface area contributed by atoms with E-state index in [-0.39, 0.29) is 24.8 Å². The lowest BCUT2D eigenvalue weighted by Crippen LogP contribution is -2.38. The minimum Gasteiger partial charge on any atom is -0.480 e. The van der Waals surface area contributed by atoms with Crippen molar-refractivity contribution in [2.75, 3.05) is 17.3 Å². The number of nitrogens with zero attached hydrogens (tertiary/aromatic N) is 1. The number of carboxylic acids is 1. The Bertz CT molecular complexity index is 2080. The number of anilines is 2. The number of benzene rings is 6. The first-order valence-electron chi connectivity index (χ1n) is 15.7. The van der Waals surface area contributed by atoms with E-state index in [1.807, 2.05) is 127 Å². The maximum atomic E-state index is 13.1. The molecule has 0 aliphatic heterocycles. The number of fused-ring (bicyclic) bond motifs is 1. The van der Waals surface area contributed by atoms with Gasteiger partial charge in [0.25, 0.3) is 0 Å². The van der Waals surface area contributed by atoms with Crippen molar-refractivity contribution in [3.05, 3.63) is 168 Å². The molecule has 0 aliphatic carbocycles. The number of nitrogens with one attached hydrogen (secondary N) is 2. The van der Waals surface area contributed by atoms with Crippen LogP contribution in [-0.2, 0) is 17.8 Å². The standard InChI is InChI=1S/C41H35N3O4/c1-44(41(48)43-35-23-22-29-10-5-6-13-32(29)25-35)36-16-9-15-33(26-36)30-20-18-28(19-21-30)24-38(40(46)47)42-27-34-14-7-8-17-37(34)39(45)31-11-3-2-4-12-31/h2-23,25-26,38,42H,24,27H2,1H3,(H,43,48)(H,46,47)/t38-/m0/s1. The lowest BCUT2D eigenvalue weighted by atomic mass is 9.97. The summed E-state index contributed by atoms with van der Waals surface area (Å²) in [7, 11) is 1.73. The van der Waals surface area contributed by atoms with Gasteiger partial charge in [0.1, 0.15) is 6.04 Å². The monoisotopic (exact) mass is 633 g/mol. The third-order valence-electron chi connectivity index (χ3n) is 8.40. The fraction of sp³-hybridized carbons (Fsp3) is 0.0976. The number of aliphatic carboxylic acids is 1. The van der Waals surface area contributed by atoms with Gasteiger partial charge in [-0.25, -0.2) is 4.79 Å². The minimum absolute atomic E-state index is 0.101. The molecule has 48 heavy (non-hydrogen) atoms. The fourth-order valence-electron chi connectivity index (χ4n) is 5.68. The molecule has 7 heteroatoms. The van der Waals surface area contributed by atoms with Crippen LogP contribution in [0.2, 0.25) is 0 Å². The lowest BCUT2D eigenvalue weighted by molar-refractivity contribution is -0.139. The molecule has 6 aromatic rings. The Kier molecular flexibility index (Phi) is 9.69. The van der Waals surface area contributed by atoms with Crippen molar-refractivity contribution in [1.82, 2.24) is 5.32 Å². The summed E-state index contributed by atoms with van der Waals surface area (Å²) in [6.45, 7) is 0.235. The molecule has 0 spiro atoms. The normalized spacial score (nSPS) is 11.5. The highest BCUT2D eigenvalue weighted by Crippen LogP contribution is 2.26. The molecule has 0 saturated carbocycles. The third kappa shape index (κ3) is 7.49. The maximum absolute atomic E-state index is 13.1. The molecule has 6 rings (SSSR count). The van der Waals surface area contributed by atoms with E-state index in [0.717, 1.165) is 44.4 Å². The smallest absolute Gasteiger partial charge is 0.326 e. The van der Waals surface area contributed by atoms with Gasteiger partial charge in [0.2, 0.25) is 0 Å². The van der Waals surface area contributed by atoms with E-state index in [1.165, 1.54) is 0 Å². The average Bonchev–Trinajstić information content (AvgIpc) is 3.13. The molecule has 6 aromatic carbocycles. The summed E-state index contributed by atoms with van der Waals surface area (Å²) in [6, 6.07) is 44.5. The van der Waals surface area contributed by atoms with Crippen molar-refractivity contribution in [3.8, 4) is 11.1 Å². The number of hydrogen-bond acceptors (Lipinski definition) is 4. The molecule has 2 amide bonds. The van der Waals surface area contributed by atoms with Gasteiger partial charge in [-0.05, 0) is 63.7 Å². The number of ketones is 1. The largest absolute Gasteiger partial charge is 0.480 e. The Hall–Kier alpha value is -6.05. The van der Waals surface area contributed by atoms with Gasteiger partial charge >= 0.3 is 12.0 Å². The molecule has 0 radical (unpaired) electrons. The summed E-state index contributed by atoms with van der Waals surface area (Å²) >= 11 is 0. The van der Waals surface area contributed by atoms with E-state index in [4.69, 9.17) is 0 Å². The number of carboxylic acid groups (broad SMARTS) is 1. The zero-order valence-electron chi connectivity index (χ0n) is 26.5. The number of rotatable bonds is 11. The van der Waals surface area contributed by atoms with E-state index in [9.17, 15) is 19.5 Å². The van der Waals surface area contributed by atoms with Crippen molar-refractivity contribution in [3.63, 3.8) is 0 Å². The van der Waals surface area contributed by atoms with E-state index in [0.29, 0.717) is 11.1 Å². The van der Waals surface area contributed by atoms with Crippen molar-refractivity contribution in [2.45, 2.75) is 19.0 Å². The van der Waals surface area contributed by atoms with Gasteiger partial charge < -0.3 is 10.4 Å². The van der Waals surface area contributed by atoms with Crippen molar-refractivity contribution >= 4 is 39.9 Å². The third-order valence-corrected chi connectivity index (χ3v) is 8.40. The van der Waals surface area contributed by atoms with Crippen LogP contribution in [0.3, 0.4) is 0 Å². The van der Waals surface area contributed by atoms with E-state index >= 15 is 0 Å². The van der Waals surface area contributed by atoms with E-state index < -0.39 is 12.0 Å². The lowest BCUT2D eigenvalue weighted by Gasteiger charge is -2.19. The summed E-state index contributed by atoms with van der Waals surface area (Å²) in [5.41, 5.74) is 6.05. The number of carbonyl (C=O) groups excluding carboxylic acids is 2. The molecule has 238 valence electrons. The summed E-state index contributed by atoms with van der Waals surface area (Å²) in [5.74, 6) is -1.07. The highest BCUT2D eigenvalue weighted by atomic mass is 16.4. The molecule has 0 heterocycles. The van der Waals surface area contributed by atoms with Crippen molar-refractivity contribution < 1.29 is 19.5 Å². The Balaban J connectivity index is 1.10. The van der Waals surface area contributed by atoms with Crippen LogP contribution in [0, 0.1) is 0 Å². The van der Waals surface area contributed by atoms with Crippen LogP contribution in [0.4, 0.5) is 16.2 Å². The molecule has 0 aromatic heterocycles. The molecule has 0 aliphatic rings. The summed E-state index contributed by atoms with van der Waals surface area (Å²) in [6.07, 6.45) is 0.266. The molecular weight excluding hydrogens is 598 g/mol. The summed E-state index contributed by atoms with van der Waals surface area (Å²) < 4.78 is 0. The topological polar surface area (TPSA) is 98.7 Å². The molecule has 0 bridgehead atoms. The van der Waals surface area contributed by atoms with Crippen LogP contribution in [-0.4, -0.2) is 36.0 Å². The molecule has 1 atom stereocenters. The summed E-state index contributed by atoms with van der Waals surface area (Å²) in [4.78, 5) is 40.0. The second kappa shape index (κ2) is 14.6. The zero-order chi connectivity index (χ0) is 33.5. The van der Waals surface area contributed by atoms with E-state index in [2.05, 4.69) is 10.6 Å². The molecule has 7 nitrogen and oxygen atoms in total. The predicted octanol–water partition coefficient (Wildman–Crippen LogP) is 8.19. The molecule has 3 N–H and O–H groups in total. The highest BCUT2D eigenvalue weighted by molar-refractivity contribution is 6.10. The van der Waals surface area contributed by atoms with Crippen LogP contribution in [0.15, 0.2) is 146 Å². The SMILES string of the molecule is CN(C(=O)Nc1ccc2ccccc2c1)c1cccc(-c2ccc(C[C@H](NCc3ccccc3C(=O)c3ccccc3)C(=O)O)cc2)c1. The Morgan fingerprint density at radius 2 is 1.40 bits per heavy atom. The second-order valence-electron chi connectivity index (χ2n) is 11.6. The van der Waals surface area contributed by atoms with Crippen LogP contribution >= 0.6 is 0 Å². The van der Waals surface area contributed by atoms with Gasteiger partial charge in [0.05, 0.1) is 0 Å². The first-order valence-corrected chi connectivity index (χ1v) is 15.7. The van der Waals surface area contributed by atoms with Crippen LogP contribution in [0.5, 0.6) is 0 Å². The maximum Gasteiger partial charge on any atom is 0.326 e. The van der Waals surface area contributed by atoms with Gasteiger partial charge in [-0.1, -0.05) is 121 Å². The van der Waals surface area contributed by atoms with Crippen molar-refractivity contribution in [2.24, 2.45) is 0 Å². The Morgan fingerprint density at radius 3 is 2.17 bits per heavy atom. The van der Waals surface area contributed by atoms with Gasteiger partial charge in [-0.15, -0.1) is 0 Å². The van der Waals surface area contributed by atoms with E-state index in [1.54, 1.807) is 30.1 Å². The summed E-state index contributed by atoms with van der Waals surface area (Å²) in [5, 5.41) is 18.3. The minimum atomic E-state index is -0.969. The average molecular weight is 634 g/mol. The molecular formula is C41H35N3O4. The molecule has 0 saturated heterocycles. The quantitative estimate of drug-likeness (QED) is 0.125. The van der Waals surface area contributed by atoms with Gasteiger partial charge in [-0.2, -0.15) is 0 Å². The predicted molar refractivity (Wildman–Crippen MR) is 192 cm³/mol. The number of hydrogen-bond donors (Lipinski definition) is 3. The van der Waals surface area contributed by atoms with Crippen LogP contribution < -0.4 is 15.5 Å². The first-order chi connectivity index (χ1) is 23.4. The van der Waals surface area contributed by atoms with Gasteiger partial charge in [0, 0.05) is 36.1 Å². The van der Waals surface area contributed by atoms with Crippen LogP contribution in [0.25, 0.3) is 21.9 Å². The number of amides is 2. The number of carbonyl (C=O) groups is 3. The first kappa shape index (κ1) is 31.9.